The number of hydrogen-bond donors (Lipinski definition) is 2. The number of hydrogen-bond acceptors (Lipinski definition) is 4. The number of nitrogens with one attached hydrogen (secondary N) is 2. The minimum atomic E-state index is -0.255. The number of aromatic nitrogens is 3. The van der Waals surface area contributed by atoms with E-state index in [0.717, 1.165) is 29.7 Å². The zero-order valence-electron chi connectivity index (χ0n) is 18.4. The number of anilines is 1. The van der Waals surface area contributed by atoms with Crippen LogP contribution in [0.15, 0.2) is 54.9 Å². The second kappa shape index (κ2) is 10.2. The molecule has 0 radical (unpaired) electrons. The molecule has 8 heteroatoms. The summed E-state index contributed by atoms with van der Waals surface area (Å²) in [7, 11) is 1.62. The van der Waals surface area contributed by atoms with E-state index in [9.17, 15) is 4.79 Å². The lowest BCUT2D eigenvalue weighted by molar-refractivity contribution is -0.115. The van der Waals surface area contributed by atoms with Crippen LogP contribution in [0.4, 0.5) is 5.69 Å². The lowest BCUT2D eigenvalue weighted by atomic mass is 9.94. The maximum atomic E-state index is 12.8. The summed E-state index contributed by atoms with van der Waals surface area (Å²) in [4.78, 5) is 25.1. The molecule has 0 spiro atoms. The van der Waals surface area contributed by atoms with Gasteiger partial charge in [0.2, 0.25) is 5.91 Å². The molecule has 2 heterocycles. The predicted molar refractivity (Wildman–Crippen MR) is 132 cm³/mol. The summed E-state index contributed by atoms with van der Waals surface area (Å²) >= 11 is 12.3. The summed E-state index contributed by atoms with van der Waals surface area (Å²) < 4.78 is 5.56. The van der Waals surface area contributed by atoms with Crippen LogP contribution >= 0.6 is 23.2 Å². The average molecular weight is 483 g/mol. The number of imidazole rings is 1. The third-order valence-electron chi connectivity index (χ3n) is 5.51. The quantitative estimate of drug-likeness (QED) is 0.305. The van der Waals surface area contributed by atoms with Gasteiger partial charge in [-0.05, 0) is 23.6 Å². The first-order valence-electron chi connectivity index (χ1n) is 10.7. The molecule has 170 valence electrons. The first-order valence-corrected chi connectivity index (χ1v) is 11.5. The van der Waals surface area contributed by atoms with Crippen molar-refractivity contribution in [3.8, 4) is 5.75 Å². The number of fused-ring (bicyclic) bond motifs is 1. The molecule has 0 saturated heterocycles. The van der Waals surface area contributed by atoms with Gasteiger partial charge in [0.15, 0.2) is 0 Å². The minimum Gasteiger partial charge on any atom is -0.494 e. The summed E-state index contributed by atoms with van der Waals surface area (Å²) in [5.74, 6) is 1.39. The fourth-order valence-electron chi connectivity index (χ4n) is 3.94. The third-order valence-corrected chi connectivity index (χ3v) is 6.08. The van der Waals surface area contributed by atoms with Gasteiger partial charge in [-0.25, -0.2) is 4.98 Å². The Bertz CT molecular complexity index is 1250. The Hall–Kier alpha value is -3.09. The van der Waals surface area contributed by atoms with Crippen molar-refractivity contribution in [1.82, 2.24) is 15.0 Å². The highest BCUT2D eigenvalue weighted by Gasteiger charge is 2.21. The first kappa shape index (κ1) is 23.1. The molecule has 0 aliphatic rings. The number of benzene rings is 2. The highest BCUT2D eigenvalue weighted by Crippen LogP contribution is 2.34. The van der Waals surface area contributed by atoms with Gasteiger partial charge in [-0.2, -0.15) is 0 Å². The molecule has 0 aliphatic heterocycles. The Morgan fingerprint density at radius 2 is 1.85 bits per heavy atom. The van der Waals surface area contributed by atoms with Crippen LogP contribution < -0.4 is 10.1 Å². The molecule has 0 unspecified atom stereocenters. The fraction of sp³-hybridized carbons (Fsp3) is 0.240. The summed E-state index contributed by atoms with van der Waals surface area (Å²) in [6, 6.07) is 14.0. The zero-order chi connectivity index (χ0) is 23.4. The molecule has 6 nitrogen and oxygen atoms in total. The van der Waals surface area contributed by atoms with E-state index in [1.165, 1.54) is 18.0 Å². The van der Waals surface area contributed by atoms with E-state index in [2.05, 4.69) is 34.3 Å². The molecule has 1 atom stereocenters. The standard InChI is InChI=1S/C25H24Cl2N4O2/c1-3-7-17(15-8-5-4-6-9-15)25-30-22-16(10-11-20(33-2)24(22)31-25)12-21(32)29-23-18(26)13-28-14-19(23)27/h4-6,8-11,13-14,17H,3,7,12H2,1-2H3,(H,30,31)(H,28,29,32)/t17-/m1/s1. The number of rotatable bonds is 8. The Morgan fingerprint density at radius 1 is 1.12 bits per heavy atom. The van der Waals surface area contributed by atoms with Gasteiger partial charge in [0.25, 0.3) is 0 Å². The number of carbonyl (C=O) groups excluding carboxylic acids is 1. The Kier molecular flexibility index (Phi) is 7.16. The van der Waals surface area contributed by atoms with E-state index in [1.807, 2.05) is 30.3 Å². The SMILES string of the molecule is CCC[C@H](c1ccccc1)c1nc2c(CC(=O)Nc3c(Cl)cncc3Cl)ccc(OC)c2[nH]1. The molecule has 33 heavy (non-hydrogen) atoms. The normalized spacial score (nSPS) is 12.0. The molecule has 1 amide bonds. The van der Waals surface area contributed by atoms with E-state index in [4.69, 9.17) is 32.9 Å². The predicted octanol–water partition coefficient (Wildman–Crippen LogP) is 6.39. The minimum absolute atomic E-state index is 0.101. The van der Waals surface area contributed by atoms with Crippen molar-refractivity contribution in [3.05, 3.63) is 81.9 Å². The molecule has 2 aromatic carbocycles. The third kappa shape index (κ3) is 4.97. The van der Waals surface area contributed by atoms with E-state index in [1.54, 1.807) is 7.11 Å². The second-order valence-electron chi connectivity index (χ2n) is 7.73. The first-order chi connectivity index (χ1) is 16.0. The smallest absolute Gasteiger partial charge is 0.228 e. The number of aromatic amines is 1. The summed E-state index contributed by atoms with van der Waals surface area (Å²) in [6.07, 6.45) is 4.93. The number of amides is 1. The van der Waals surface area contributed by atoms with Crippen LogP contribution in [-0.4, -0.2) is 28.0 Å². The molecule has 2 N–H and O–H groups in total. The van der Waals surface area contributed by atoms with Gasteiger partial charge in [0.05, 0.1) is 34.8 Å². The molecule has 0 aliphatic carbocycles. The Labute approximate surface area is 202 Å². The highest BCUT2D eigenvalue weighted by molar-refractivity contribution is 6.39. The topological polar surface area (TPSA) is 79.9 Å². The fourth-order valence-corrected chi connectivity index (χ4v) is 4.40. The number of nitrogens with zero attached hydrogens (tertiary/aromatic N) is 2. The van der Waals surface area contributed by atoms with E-state index in [0.29, 0.717) is 17.0 Å². The monoisotopic (exact) mass is 482 g/mol. The van der Waals surface area contributed by atoms with Gasteiger partial charge in [-0.1, -0.05) is 72.9 Å². The van der Waals surface area contributed by atoms with Crippen molar-refractivity contribution in [2.24, 2.45) is 0 Å². The van der Waals surface area contributed by atoms with Gasteiger partial charge < -0.3 is 15.0 Å². The molecule has 0 bridgehead atoms. The second-order valence-corrected chi connectivity index (χ2v) is 8.54. The van der Waals surface area contributed by atoms with Gasteiger partial charge in [0.1, 0.15) is 17.1 Å². The van der Waals surface area contributed by atoms with E-state index in [-0.39, 0.29) is 28.3 Å². The maximum absolute atomic E-state index is 12.8. The lowest BCUT2D eigenvalue weighted by Gasteiger charge is -2.13. The molecule has 0 saturated carbocycles. The number of halogens is 2. The Balaban J connectivity index is 1.69. The van der Waals surface area contributed by atoms with Crippen LogP contribution in [0.2, 0.25) is 10.0 Å². The average Bonchev–Trinajstić information content (AvgIpc) is 3.26. The van der Waals surface area contributed by atoms with Crippen LogP contribution in [-0.2, 0) is 11.2 Å². The van der Waals surface area contributed by atoms with Crippen molar-refractivity contribution in [3.63, 3.8) is 0 Å². The number of ether oxygens (including phenoxy) is 1. The molecule has 2 aromatic heterocycles. The zero-order valence-corrected chi connectivity index (χ0v) is 19.9. The molecule has 0 fully saturated rings. The Morgan fingerprint density at radius 3 is 2.52 bits per heavy atom. The van der Waals surface area contributed by atoms with E-state index < -0.39 is 0 Å². The van der Waals surface area contributed by atoms with Crippen molar-refractivity contribution in [2.75, 3.05) is 12.4 Å². The highest BCUT2D eigenvalue weighted by atomic mass is 35.5. The summed E-state index contributed by atoms with van der Waals surface area (Å²) in [5, 5.41) is 3.35. The molecule has 4 rings (SSSR count). The summed E-state index contributed by atoms with van der Waals surface area (Å²) in [6.45, 7) is 2.16. The number of methoxy groups -OCH3 is 1. The van der Waals surface area contributed by atoms with Crippen molar-refractivity contribution < 1.29 is 9.53 Å². The van der Waals surface area contributed by atoms with Crippen LogP contribution in [0.25, 0.3) is 11.0 Å². The van der Waals surface area contributed by atoms with Gasteiger partial charge in [-0.15, -0.1) is 0 Å². The molecular formula is C25H24Cl2N4O2. The van der Waals surface area contributed by atoms with Gasteiger partial charge in [-0.3, -0.25) is 9.78 Å². The van der Waals surface area contributed by atoms with Gasteiger partial charge in [0, 0.05) is 18.3 Å². The number of pyridine rings is 1. The van der Waals surface area contributed by atoms with Crippen LogP contribution in [0.1, 0.15) is 42.6 Å². The lowest BCUT2D eigenvalue weighted by Crippen LogP contribution is -2.15. The number of H-pyrrole nitrogens is 1. The number of carbonyl (C=O) groups is 1. The van der Waals surface area contributed by atoms with Crippen molar-refractivity contribution in [1.29, 1.82) is 0 Å². The summed E-state index contributed by atoms with van der Waals surface area (Å²) in [5.41, 5.74) is 3.80. The van der Waals surface area contributed by atoms with Crippen LogP contribution in [0.3, 0.4) is 0 Å². The van der Waals surface area contributed by atoms with Crippen LogP contribution in [0.5, 0.6) is 5.75 Å². The van der Waals surface area contributed by atoms with Crippen molar-refractivity contribution in [2.45, 2.75) is 32.1 Å². The van der Waals surface area contributed by atoms with Crippen molar-refractivity contribution >= 4 is 45.8 Å². The van der Waals surface area contributed by atoms with Gasteiger partial charge >= 0.3 is 0 Å². The maximum Gasteiger partial charge on any atom is 0.228 e. The largest absolute Gasteiger partial charge is 0.494 e. The van der Waals surface area contributed by atoms with Crippen LogP contribution in [0, 0.1) is 0 Å². The molecule has 4 aromatic rings. The molecular weight excluding hydrogens is 459 g/mol. The van der Waals surface area contributed by atoms with E-state index >= 15 is 0 Å².